The molecule has 7 heteroatoms. The molecule has 4 rings (SSSR count). The van der Waals surface area contributed by atoms with Gasteiger partial charge in [0.1, 0.15) is 11.6 Å². The molecule has 1 aliphatic rings. The Morgan fingerprint density at radius 2 is 1.63 bits per heavy atom. The zero-order valence-corrected chi connectivity index (χ0v) is 21.8. The molecule has 1 heterocycles. The van der Waals surface area contributed by atoms with E-state index in [1.807, 2.05) is 39.8 Å². The number of allylic oxidation sites excluding steroid dienone is 1. The van der Waals surface area contributed by atoms with Crippen LogP contribution in [0.1, 0.15) is 34.1 Å². The van der Waals surface area contributed by atoms with Gasteiger partial charge in [-0.15, -0.1) is 0 Å². The number of aryl methyl sites for hydroxylation is 1. The molecule has 3 aromatic rings. The summed E-state index contributed by atoms with van der Waals surface area (Å²) < 4.78 is 46.9. The van der Waals surface area contributed by atoms with Gasteiger partial charge in [0.05, 0.1) is 0 Å². The SMILES string of the molecule is C=C1C=c2c(-c3cc(S(C)=O)ccc3Oc3ccc(F)cc3F)cn(C)c(=O)c2=CC1.CC.CC. The van der Waals surface area contributed by atoms with E-state index in [9.17, 15) is 17.8 Å². The third-order valence-electron chi connectivity index (χ3n) is 5.06. The zero-order valence-electron chi connectivity index (χ0n) is 20.9. The fourth-order valence-corrected chi connectivity index (χ4v) is 4.04. The fraction of sp³-hybridized carbons (Fsp3) is 0.250. The molecule has 0 amide bonds. The van der Waals surface area contributed by atoms with Crippen molar-refractivity contribution in [2.24, 2.45) is 7.05 Å². The first-order valence-electron chi connectivity index (χ1n) is 11.4. The maximum absolute atomic E-state index is 14.2. The molecular formula is C28H31F2NO3S. The van der Waals surface area contributed by atoms with E-state index in [4.69, 9.17) is 4.74 Å². The molecular weight excluding hydrogens is 468 g/mol. The lowest BCUT2D eigenvalue weighted by Gasteiger charge is -2.16. The first-order valence-corrected chi connectivity index (χ1v) is 13.0. The predicted octanol–water partition coefficient (Wildman–Crippen LogP) is 5.43. The lowest BCUT2D eigenvalue weighted by Crippen LogP contribution is -2.46. The van der Waals surface area contributed by atoms with Crippen molar-refractivity contribution in [3.63, 3.8) is 0 Å². The van der Waals surface area contributed by atoms with Crippen LogP contribution in [0, 0.1) is 11.6 Å². The zero-order chi connectivity index (χ0) is 26.3. The third-order valence-corrected chi connectivity index (χ3v) is 5.98. The number of benzene rings is 2. The van der Waals surface area contributed by atoms with Crippen molar-refractivity contribution in [1.29, 1.82) is 0 Å². The standard InChI is InChI=1S/C24H19F2NO3S.2C2H6/c1-14-4-7-17-18(10-14)20(13-27(2)24(17)28)19-12-16(31(3)29)6-9-22(19)30-23-8-5-15(25)11-21(23)26;2*1-2/h5-13H,1,4H2,2-3H3;2*1-2H3. The Hall–Kier alpha value is -3.32. The molecule has 0 fully saturated rings. The first-order chi connectivity index (χ1) is 16.7. The van der Waals surface area contributed by atoms with Gasteiger partial charge in [-0.25, -0.2) is 8.78 Å². The minimum atomic E-state index is -1.28. The molecule has 0 bridgehead atoms. The number of hydrogen-bond acceptors (Lipinski definition) is 3. The van der Waals surface area contributed by atoms with Crippen LogP contribution in [0.15, 0.2) is 64.4 Å². The average Bonchev–Trinajstić information content (AvgIpc) is 2.85. The van der Waals surface area contributed by atoms with Crippen molar-refractivity contribution >= 4 is 23.0 Å². The molecule has 1 unspecified atom stereocenters. The maximum Gasteiger partial charge on any atom is 0.257 e. The number of aromatic nitrogens is 1. The maximum atomic E-state index is 14.2. The Labute approximate surface area is 207 Å². The third kappa shape index (κ3) is 6.22. The minimum absolute atomic E-state index is 0.147. The topological polar surface area (TPSA) is 48.3 Å². The normalized spacial score (nSPS) is 12.5. The largest absolute Gasteiger partial charge is 0.454 e. The van der Waals surface area contributed by atoms with Gasteiger partial charge in [0.2, 0.25) is 0 Å². The van der Waals surface area contributed by atoms with Crippen LogP contribution in [0.5, 0.6) is 11.5 Å². The Morgan fingerprint density at radius 1 is 0.971 bits per heavy atom. The highest BCUT2D eigenvalue weighted by molar-refractivity contribution is 7.84. The summed E-state index contributed by atoms with van der Waals surface area (Å²) in [5.41, 5.74) is 1.87. The van der Waals surface area contributed by atoms with Gasteiger partial charge in [-0.2, -0.15) is 0 Å². The summed E-state index contributed by atoms with van der Waals surface area (Å²) in [7, 11) is 0.367. The Morgan fingerprint density at radius 3 is 2.26 bits per heavy atom. The van der Waals surface area contributed by atoms with E-state index in [0.717, 1.165) is 17.7 Å². The highest BCUT2D eigenvalue weighted by atomic mass is 32.2. The summed E-state index contributed by atoms with van der Waals surface area (Å²) in [4.78, 5) is 13.2. The summed E-state index contributed by atoms with van der Waals surface area (Å²) in [5.74, 6) is -1.42. The van der Waals surface area contributed by atoms with E-state index in [1.165, 1.54) is 10.6 Å². The average molecular weight is 500 g/mol. The molecule has 0 radical (unpaired) electrons. The number of ether oxygens (including phenoxy) is 1. The molecule has 35 heavy (non-hydrogen) atoms. The molecule has 4 nitrogen and oxygen atoms in total. The van der Waals surface area contributed by atoms with Crippen molar-refractivity contribution in [2.45, 2.75) is 39.0 Å². The molecule has 0 aliphatic heterocycles. The highest BCUT2D eigenvalue weighted by Gasteiger charge is 2.17. The summed E-state index contributed by atoms with van der Waals surface area (Å²) in [5, 5.41) is 1.21. The van der Waals surface area contributed by atoms with Crippen LogP contribution >= 0.6 is 0 Å². The molecule has 2 aromatic carbocycles. The van der Waals surface area contributed by atoms with Gasteiger partial charge in [0.15, 0.2) is 11.6 Å². The van der Waals surface area contributed by atoms with Crippen LogP contribution in [-0.4, -0.2) is 15.0 Å². The second-order valence-corrected chi connectivity index (χ2v) is 8.67. The van der Waals surface area contributed by atoms with Gasteiger partial charge in [-0.1, -0.05) is 52.0 Å². The highest BCUT2D eigenvalue weighted by Crippen LogP contribution is 2.34. The quantitative estimate of drug-likeness (QED) is 0.481. The number of halogens is 2. The first kappa shape index (κ1) is 27.9. The second kappa shape index (κ2) is 12.4. The van der Waals surface area contributed by atoms with Gasteiger partial charge >= 0.3 is 0 Å². The molecule has 0 saturated carbocycles. The molecule has 1 aliphatic carbocycles. The van der Waals surface area contributed by atoms with E-state index in [1.54, 1.807) is 37.7 Å². The summed E-state index contributed by atoms with van der Waals surface area (Å²) in [6, 6.07) is 7.96. The minimum Gasteiger partial charge on any atom is -0.454 e. The number of rotatable bonds is 4. The molecule has 1 atom stereocenters. The van der Waals surface area contributed by atoms with Gasteiger partial charge in [0.25, 0.3) is 5.56 Å². The number of nitrogens with zero attached hydrogens (tertiary/aromatic N) is 1. The predicted molar refractivity (Wildman–Crippen MR) is 141 cm³/mol. The van der Waals surface area contributed by atoms with E-state index in [-0.39, 0.29) is 17.1 Å². The van der Waals surface area contributed by atoms with Crippen LogP contribution in [0.25, 0.3) is 23.3 Å². The fourth-order valence-electron chi connectivity index (χ4n) is 3.50. The summed E-state index contributed by atoms with van der Waals surface area (Å²) in [6.07, 6.45) is 7.44. The molecule has 186 valence electrons. The smallest absolute Gasteiger partial charge is 0.257 e. The summed E-state index contributed by atoms with van der Waals surface area (Å²) in [6.45, 7) is 12.0. The molecule has 1 aromatic heterocycles. The Balaban J connectivity index is 0.00000103. The lowest BCUT2D eigenvalue weighted by molar-refractivity contribution is 0.438. The number of fused-ring (bicyclic) bond motifs is 1. The van der Waals surface area contributed by atoms with Crippen molar-refractivity contribution in [3.05, 3.63) is 87.2 Å². The van der Waals surface area contributed by atoms with Gasteiger partial charge in [-0.3, -0.25) is 9.00 Å². The molecule has 0 spiro atoms. The van der Waals surface area contributed by atoms with Crippen LogP contribution in [0.3, 0.4) is 0 Å². The number of hydrogen-bond donors (Lipinski definition) is 0. The molecule has 0 N–H and O–H groups in total. The van der Waals surface area contributed by atoms with Crippen molar-refractivity contribution in [3.8, 4) is 22.6 Å². The van der Waals surface area contributed by atoms with Gasteiger partial charge < -0.3 is 9.30 Å². The van der Waals surface area contributed by atoms with Gasteiger partial charge in [0, 0.05) is 57.6 Å². The van der Waals surface area contributed by atoms with E-state index >= 15 is 0 Å². The van der Waals surface area contributed by atoms with E-state index in [0.29, 0.717) is 32.9 Å². The number of pyridine rings is 1. The van der Waals surface area contributed by atoms with Gasteiger partial charge in [-0.05, 0) is 42.0 Å². The summed E-state index contributed by atoms with van der Waals surface area (Å²) >= 11 is 0. The lowest BCUT2D eigenvalue weighted by atomic mass is 9.97. The monoisotopic (exact) mass is 499 g/mol. The van der Waals surface area contributed by atoms with Crippen LogP contribution < -0.4 is 20.7 Å². The second-order valence-electron chi connectivity index (χ2n) is 7.29. The van der Waals surface area contributed by atoms with Crippen LogP contribution in [0.2, 0.25) is 0 Å². The van der Waals surface area contributed by atoms with E-state index in [2.05, 4.69) is 6.58 Å². The van der Waals surface area contributed by atoms with E-state index < -0.39 is 22.4 Å². The Bertz CT molecular complexity index is 1440. The Kier molecular flexibility index (Phi) is 9.89. The van der Waals surface area contributed by atoms with Crippen LogP contribution in [0.4, 0.5) is 8.78 Å². The van der Waals surface area contributed by atoms with Crippen molar-refractivity contribution in [2.75, 3.05) is 6.26 Å². The van der Waals surface area contributed by atoms with Crippen LogP contribution in [-0.2, 0) is 17.8 Å². The van der Waals surface area contributed by atoms with Crippen molar-refractivity contribution in [1.82, 2.24) is 4.57 Å². The molecule has 0 saturated heterocycles. The van der Waals surface area contributed by atoms with Crippen molar-refractivity contribution < 1.29 is 17.7 Å².